The first-order valence-electron chi connectivity index (χ1n) is 21.6. The molecule has 60 heavy (non-hydrogen) atoms. The number of imide groups is 2. The summed E-state index contributed by atoms with van der Waals surface area (Å²) in [4.78, 5) is 68.6. The van der Waals surface area contributed by atoms with Crippen molar-refractivity contribution in [2.75, 3.05) is 33.2 Å². The van der Waals surface area contributed by atoms with Gasteiger partial charge < -0.3 is 18.9 Å². The number of piperidine rings is 1. The van der Waals surface area contributed by atoms with Gasteiger partial charge in [-0.1, -0.05) is 72.9 Å². The number of hydrogen-bond acceptors (Lipinski definition) is 9. The van der Waals surface area contributed by atoms with Gasteiger partial charge in [0.25, 0.3) is 17.4 Å². The second-order valence-electron chi connectivity index (χ2n) is 15.5. The second kappa shape index (κ2) is 21.7. The molecule has 3 unspecified atom stereocenters. The predicted molar refractivity (Wildman–Crippen MR) is 239 cm³/mol. The van der Waals surface area contributed by atoms with Crippen LogP contribution in [0.4, 0.5) is 5.82 Å². The van der Waals surface area contributed by atoms with Gasteiger partial charge in [0.2, 0.25) is 11.8 Å². The van der Waals surface area contributed by atoms with Crippen molar-refractivity contribution in [2.45, 2.75) is 112 Å². The van der Waals surface area contributed by atoms with Gasteiger partial charge in [-0.25, -0.2) is 4.98 Å². The van der Waals surface area contributed by atoms with Crippen molar-refractivity contribution in [3.05, 3.63) is 81.4 Å². The molecule has 2 aliphatic heterocycles. The molecule has 7 rings (SSSR count). The molecule has 2 aromatic heterocycles. The van der Waals surface area contributed by atoms with Crippen molar-refractivity contribution in [3.8, 4) is 22.6 Å². The molecule has 3 aliphatic rings. The molecule has 1 saturated carbocycles. The normalized spacial score (nSPS) is 17.9. The molecular weight excluding hydrogens is 759 g/mol. The number of carbonyl (C=O) groups is 4. The van der Waals surface area contributed by atoms with Gasteiger partial charge in [0.15, 0.2) is 0 Å². The van der Waals surface area contributed by atoms with Crippen LogP contribution in [-0.4, -0.2) is 72.4 Å². The molecule has 1 N–H and O–H groups in total. The maximum Gasteiger partial charge on any atom is 0.262 e. The van der Waals surface area contributed by atoms with E-state index in [0.29, 0.717) is 16.5 Å². The van der Waals surface area contributed by atoms with Crippen LogP contribution in [0.2, 0.25) is 0 Å². The number of methoxy groups -OCH3 is 2. The van der Waals surface area contributed by atoms with E-state index in [1.54, 1.807) is 44.2 Å². The Morgan fingerprint density at radius 1 is 0.833 bits per heavy atom. The van der Waals surface area contributed by atoms with Gasteiger partial charge in [0, 0.05) is 56.5 Å². The Kier molecular flexibility index (Phi) is 17.0. The summed E-state index contributed by atoms with van der Waals surface area (Å²) in [5.41, 5.74) is 4.42. The number of nitrogens with one attached hydrogen (secondary N) is 1. The highest BCUT2D eigenvalue weighted by atomic mass is 16.5. The van der Waals surface area contributed by atoms with Crippen LogP contribution in [0.15, 0.2) is 53.6 Å². The monoisotopic (exact) mass is 823 g/mol. The molecule has 4 amide bonds. The van der Waals surface area contributed by atoms with E-state index in [1.165, 1.54) is 25.7 Å². The van der Waals surface area contributed by atoms with Gasteiger partial charge >= 0.3 is 0 Å². The number of rotatable bonds is 11. The minimum atomic E-state index is -0.904. The molecule has 0 spiro atoms. The molecule has 2 aromatic carbocycles. The average molecular weight is 824 g/mol. The van der Waals surface area contributed by atoms with Gasteiger partial charge in [0.05, 0.1) is 30.7 Å². The Morgan fingerprint density at radius 2 is 1.47 bits per heavy atom. The molecule has 0 radical (unpaired) electrons. The zero-order valence-electron chi connectivity index (χ0n) is 37.6. The largest absolute Gasteiger partial charge is 0.496 e. The fourth-order valence-corrected chi connectivity index (χ4v) is 8.19. The second-order valence-corrected chi connectivity index (χ2v) is 15.5. The number of unbranched alkanes of at least 4 members (excludes halogenated alkanes) is 1. The molecule has 4 aromatic rings. The molecule has 2 fully saturated rings. The number of fused-ring (bicyclic) bond motifs is 2. The third-order valence-electron chi connectivity index (χ3n) is 11.8. The smallest absolute Gasteiger partial charge is 0.262 e. The summed E-state index contributed by atoms with van der Waals surface area (Å²) in [7, 11) is 8.92. The highest BCUT2D eigenvalue weighted by Gasteiger charge is 2.45. The van der Waals surface area contributed by atoms with Crippen LogP contribution in [0.25, 0.3) is 21.9 Å². The Hall–Kier alpha value is -5.52. The number of hydrogen-bond donors (Lipinski definition) is 1. The van der Waals surface area contributed by atoms with E-state index in [9.17, 15) is 24.0 Å². The fraction of sp³-hybridized carbons (Fsp3) is 0.500. The van der Waals surface area contributed by atoms with Crippen LogP contribution in [0.1, 0.15) is 125 Å². The number of amides is 4. The lowest BCUT2D eigenvalue weighted by molar-refractivity contribution is -0.136. The van der Waals surface area contributed by atoms with Crippen LogP contribution in [0.5, 0.6) is 11.5 Å². The standard InChI is InChI=1S/C21H25N3O3.C17H18N2O4.C8H16.C2H6/c1-7-14-18(26-5)8-13(9-19(14)27-6)17-12-24(4)21(25)16-11-22-20(23(2)3)10-15(16)17;1-2-3-5-10-6-4-7-11-14(10)17(23)19(16(11)22)12-8-9-13(20)18-15(12)21;1-3-7-5-6-8(7)4-2;1-2/h8-12H,7H2,1-6H3;4,6-7,12H,2-3,5,8-9H2,1H3,(H,18,20,21);7-8H,3-6H2,1-2H3;1-2H3. The molecular formula is C48H65N5O7. The van der Waals surface area contributed by atoms with Crippen molar-refractivity contribution < 1.29 is 28.7 Å². The summed E-state index contributed by atoms with van der Waals surface area (Å²) in [6, 6.07) is 10.3. The molecule has 12 nitrogen and oxygen atoms in total. The maximum absolute atomic E-state index is 12.8. The number of benzene rings is 2. The summed E-state index contributed by atoms with van der Waals surface area (Å²) in [6.07, 6.45) is 13.1. The molecule has 1 saturated heterocycles. The lowest BCUT2D eigenvalue weighted by Gasteiger charge is -2.35. The van der Waals surface area contributed by atoms with Crippen LogP contribution in [-0.2, 0) is 29.5 Å². The van der Waals surface area contributed by atoms with Gasteiger partial charge in [0.1, 0.15) is 23.4 Å². The van der Waals surface area contributed by atoms with E-state index in [0.717, 1.165) is 87.4 Å². The minimum Gasteiger partial charge on any atom is -0.496 e. The topological polar surface area (TPSA) is 140 Å². The zero-order valence-corrected chi connectivity index (χ0v) is 37.6. The summed E-state index contributed by atoms with van der Waals surface area (Å²) in [5.74, 6) is 2.72. The SMILES string of the molecule is CC.CCC1CCC1CC.CCCCc1cccc2c1C(=O)N(C1CCC(=O)NC1=O)C2=O.CCc1c(OC)cc(-c2cn(C)c(=O)c3cnc(N(C)C)cc23)cc1OC. The first-order chi connectivity index (χ1) is 28.8. The number of pyridine rings is 2. The quantitative estimate of drug-likeness (QED) is 0.147. The van der Waals surface area contributed by atoms with E-state index in [4.69, 9.17) is 9.47 Å². The highest BCUT2D eigenvalue weighted by Crippen LogP contribution is 2.39. The van der Waals surface area contributed by atoms with Crippen molar-refractivity contribution in [1.82, 2.24) is 19.8 Å². The van der Waals surface area contributed by atoms with Crippen LogP contribution in [0.3, 0.4) is 0 Å². The molecule has 3 atom stereocenters. The first-order valence-corrected chi connectivity index (χ1v) is 21.6. The van der Waals surface area contributed by atoms with E-state index >= 15 is 0 Å². The van der Waals surface area contributed by atoms with Gasteiger partial charge in [-0.3, -0.25) is 34.2 Å². The Bertz CT molecular complexity index is 2190. The summed E-state index contributed by atoms with van der Waals surface area (Å²) in [6.45, 7) is 12.8. The fourth-order valence-electron chi connectivity index (χ4n) is 8.19. The lowest BCUT2D eigenvalue weighted by atomic mass is 9.71. The summed E-state index contributed by atoms with van der Waals surface area (Å²) in [5, 5.41) is 3.63. The van der Waals surface area contributed by atoms with Gasteiger partial charge in [-0.2, -0.15) is 0 Å². The van der Waals surface area contributed by atoms with Gasteiger partial charge in [-0.15, -0.1) is 0 Å². The maximum atomic E-state index is 12.8. The van der Waals surface area contributed by atoms with Crippen LogP contribution in [0, 0.1) is 11.8 Å². The molecule has 12 heteroatoms. The lowest BCUT2D eigenvalue weighted by Crippen LogP contribution is -2.54. The highest BCUT2D eigenvalue weighted by molar-refractivity contribution is 6.24. The van der Waals surface area contributed by atoms with E-state index in [-0.39, 0.29) is 24.3 Å². The Balaban J connectivity index is 0.000000217. The summed E-state index contributed by atoms with van der Waals surface area (Å²) < 4.78 is 12.8. The Labute approximate surface area is 355 Å². The number of anilines is 1. The summed E-state index contributed by atoms with van der Waals surface area (Å²) >= 11 is 0. The molecule has 1 aliphatic carbocycles. The van der Waals surface area contributed by atoms with Crippen LogP contribution >= 0.6 is 0 Å². The third kappa shape index (κ3) is 10.1. The van der Waals surface area contributed by atoms with E-state index in [2.05, 4.69) is 38.0 Å². The number of ether oxygens (including phenoxy) is 2. The van der Waals surface area contributed by atoms with Crippen molar-refractivity contribution in [2.24, 2.45) is 18.9 Å². The van der Waals surface area contributed by atoms with Crippen molar-refractivity contribution >= 4 is 40.2 Å². The number of nitrogens with zero attached hydrogens (tertiary/aromatic N) is 4. The number of carbonyl (C=O) groups excluding carboxylic acids is 4. The molecule has 324 valence electrons. The molecule has 0 bridgehead atoms. The first kappa shape index (κ1) is 47.2. The minimum absolute atomic E-state index is 0.0735. The van der Waals surface area contributed by atoms with Crippen LogP contribution < -0.4 is 25.2 Å². The average Bonchev–Trinajstić information content (AvgIpc) is 3.50. The van der Waals surface area contributed by atoms with E-state index < -0.39 is 23.8 Å². The number of aryl methyl sites for hydroxylation is 2. The van der Waals surface area contributed by atoms with E-state index in [1.807, 2.05) is 63.3 Å². The van der Waals surface area contributed by atoms with Crippen molar-refractivity contribution in [3.63, 3.8) is 0 Å². The number of aromatic nitrogens is 2. The van der Waals surface area contributed by atoms with Gasteiger partial charge in [-0.05, 0) is 85.8 Å². The third-order valence-corrected chi connectivity index (χ3v) is 11.8. The molecule has 4 heterocycles. The Morgan fingerprint density at radius 3 is 1.98 bits per heavy atom. The zero-order chi connectivity index (χ0) is 44.3. The predicted octanol–water partition coefficient (Wildman–Crippen LogP) is 8.54. The van der Waals surface area contributed by atoms with Crippen molar-refractivity contribution in [1.29, 1.82) is 0 Å².